The van der Waals surface area contributed by atoms with Gasteiger partial charge in [-0.15, -0.1) is 11.3 Å². The molecule has 0 aliphatic rings. The molecule has 0 atom stereocenters. The van der Waals surface area contributed by atoms with E-state index in [9.17, 15) is 22.4 Å². The molecule has 0 aliphatic carbocycles. The summed E-state index contributed by atoms with van der Waals surface area (Å²) in [6, 6.07) is 12.5. The first kappa shape index (κ1) is 23.4. The van der Waals surface area contributed by atoms with Crippen molar-refractivity contribution >= 4 is 44.6 Å². The van der Waals surface area contributed by atoms with E-state index >= 15 is 0 Å². The molecule has 1 aromatic heterocycles. The molecule has 1 N–H and O–H groups in total. The molecule has 0 saturated carbocycles. The Morgan fingerprint density at radius 3 is 2.44 bits per heavy atom. The number of nitrogens with zero attached hydrogens (tertiary/aromatic N) is 1. The van der Waals surface area contributed by atoms with Crippen LogP contribution in [0.25, 0.3) is 0 Å². The predicted octanol–water partition coefficient (Wildman–Crippen LogP) is 4.21. The molecule has 0 spiro atoms. The van der Waals surface area contributed by atoms with E-state index in [1.54, 1.807) is 37.4 Å². The second kappa shape index (κ2) is 9.92. The van der Waals surface area contributed by atoms with E-state index in [4.69, 9.17) is 4.74 Å². The molecule has 3 rings (SSSR count). The SMILES string of the molecule is CCOC(=O)c1ccc(NC(=O)CN(c2ccc(F)cc2)S(=O)(=O)c2cccs2)c(C)c1. The molecular weight excluding hydrogens is 455 g/mol. The maximum absolute atomic E-state index is 13.4. The number of esters is 1. The van der Waals surface area contributed by atoms with Crippen molar-refractivity contribution in [3.63, 3.8) is 0 Å². The van der Waals surface area contributed by atoms with Gasteiger partial charge in [-0.1, -0.05) is 6.07 Å². The van der Waals surface area contributed by atoms with Crippen molar-refractivity contribution in [2.24, 2.45) is 0 Å². The zero-order valence-electron chi connectivity index (χ0n) is 17.4. The molecule has 10 heteroatoms. The van der Waals surface area contributed by atoms with Crippen LogP contribution >= 0.6 is 11.3 Å². The summed E-state index contributed by atoms with van der Waals surface area (Å²) in [5.74, 6) is -1.59. The molecule has 0 fully saturated rings. The molecule has 1 amide bonds. The lowest BCUT2D eigenvalue weighted by atomic mass is 10.1. The lowest BCUT2D eigenvalue weighted by Crippen LogP contribution is -2.38. The quantitative estimate of drug-likeness (QED) is 0.492. The topological polar surface area (TPSA) is 92.8 Å². The molecule has 1 heterocycles. The van der Waals surface area contributed by atoms with Crippen molar-refractivity contribution in [2.75, 3.05) is 22.8 Å². The smallest absolute Gasteiger partial charge is 0.338 e. The minimum absolute atomic E-state index is 0.0598. The predicted molar refractivity (Wildman–Crippen MR) is 121 cm³/mol. The van der Waals surface area contributed by atoms with Gasteiger partial charge in [-0.2, -0.15) is 0 Å². The Labute approximate surface area is 189 Å². The first-order valence-corrected chi connectivity index (χ1v) is 11.9. The van der Waals surface area contributed by atoms with E-state index < -0.39 is 34.3 Å². The normalized spacial score (nSPS) is 11.1. The van der Waals surface area contributed by atoms with Crippen molar-refractivity contribution < 1.29 is 27.1 Å². The van der Waals surface area contributed by atoms with Crippen molar-refractivity contribution in [2.45, 2.75) is 18.1 Å². The van der Waals surface area contributed by atoms with Crippen LogP contribution in [0.3, 0.4) is 0 Å². The van der Waals surface area contributed by atoms with Gasteiger partial charge < -0.3 is 10.1 Å². The fraction of sp³-hybridized carbons (Fsp3) is 0.182. The number of hydrogen-bond donors (Lipinski definition) is 1. The number of anilines is 2. The number of rotatable bonds is 8. The summed E-state index contributed by atoms with van der Waals surface area (Å²) in [4.78, 5) is 24.6. The van der Waals surface area contributed by atoms with E-state index in [0.29, 0.717) is 16.8 Å². The highest BCUT2D eigenvalue weighted by Gasteiger charge is 2.28. The summed E-state index contributed by atoms with van der Waals surface area (Å²) in [6.45, 7) is 3.13. The Kier molecular flexibility index (Phi) is 7.26. The first-order chi connectivity index (χ1) is 15.2. The van der Waals surface area contributed by atoms with Crippen LogP contribution in [0.5, 0.6) is 0 Å². The first-order valence-electron chi connectivity index (χ1n) is 9.62. The maximum Gasteiger partial charge on any atom is 0.338 e. The molecule has 0 bridgehead atoms. The summed E-state index contributed by atoms with van der Waals surface area (Å²) in [7, 11) is -4.04. The van der Waals surface area contributed by atoms with Crippen LogP contribution in [0.15, 0.2) is 64.2 Å². The molecule has 0 saturated heterocycles. The third kappa shape index (κ3) is 5.32. The molecule has 0 radical (unpaired) electrons. The Bertz CT molecular complexity index is 1210. The summed E-state index contributed by atoms with van der Waals surface area (Å²) >= 11 is 1.02. The van der Waals surface area contributed by atoms with Crippen LogP contribution in [0.1, 0.15) is 22.8 Å². The van der Waals surface area contributed by atoms with Gasteiger partial charge in [0.15, 0.2) is 0 Å². The highest BCUT2D eigenvalue weighted by atomic mass is 32.2. The number of sulfonamides is 1. The number of amides is 1. The molecule has 0 aliphatic heterocycles. The summed E-state index contributed by atoms with van der Waals surface area (Å²) in [5, 5.41) is 4.28. The zero-order chi connectivity index (χ0) is 23.3. The second-order valence-electron chi connectivity index (χ2n) is 6.72. The Morgan fingerprint density at radius 1 is 1.12 bits per heavy atom. The van der Waals surface area contributed by atoms with Crippen molar-refractivity contribution in [3.8, 4) is 0 Å². The highest BCUT2D eigenvalue weighted by molar-refractivity contribution is 7.94. The van der Waals surface area contributed by atoms with Crippen molar-refractivity contribution in [1.29, 1.82) is 0 Å². The van der Waals surface area contributed by atoms with Gasteiger partial charge in [-0.25, -0.2) is 17.6 Å². The molecule has 7 nitrogen and oxygen atoms in total. The van der Waals surface area contributed by atoms with Crippen LogP contribution in [-0.2, 0) is 19.6 Å². The maximum atomic E-state index is 13.4. The Hall–Kier alpha value is -3.24. The monoisotopic (exact) mass is 476 g/mol. The van der Waals surface area contributed by atoms with Crippen molar-refractivity contribution in [1.82, 2.24) is 0 Å². The molecule has 32 heavy (non-hydrogen) atoms. The van der Waals surface area contributed by atoms with E-state index in [1.165, 1.54) is 24.3 Å². The number of aryl methyl sites for hydroxylation is 1. The van der Waals surface area contributed by atoms with Crippen LogP contribution in [0, 0.1) is 12.7 Å². The highest BCUT2D eigenvalue weighted by Crippen LogP contribution is 2.27. The number of carbonyl (C=O) groups excluding carboxylic acids is 2. The van der Waals surface area contributed by atoms with E-state index in [2.05, 4.69) is 5.32 Å². The van der Waals surface area contributed by atoms with Gasteiger partial charge in [0, 0.05) is 5.69 Å². The zero-order valence-corrected chi connectivity index (χ0v) is 19.0. The lowest BCUT2D eigenvalue weighted by molar-refractivity contribution is -0.114. The molecule has 168 valence electrons. The minimum Gasteiger partial charge on any atom is -0.462 e. The van der Waals surface area contributed by atoms with Crippen molar-refractivity contribution in [3.05, 3.63) is 76.9 Å². The lowest BCUT2D eigenvalue weighted by Gasteiger charge is -2.23. The van der Waals surface area contributed by atoms with Crippen LogP contribution in [0.2, 0.25) is 0 Å². The van der Waals surface area contributed by atoms with E-state index in [0.717, 1.165) is 27.8 Å². The van der Waals surface area contributed by atoms with Gasteiger partial charge in [0.05, 0.1) is 17.9 Å². The fourth-order valence-electron chi connectivity index (χ4n) is 2.91. The summed E-state index contributed by atoms with van der Waals surface area (Å²) in [6.07, 6.45) is 0. The molecule has 2 aromatic carbocycles. The number of hydrogen-bond acceptors (Lipinski definition) is 6. The number of carbonyl (C=O) groups is 2. The summed E-state index contributed by atoms with van der Waals surface area (Å²) < 4.78 is 45.6. The fourth-order valence-corrected chi connectivity index (χ4v) is 5.43. The van der Waals surface area contributed by atoms with Gasteiger partial charge in [0.2, 0.25) is 5.91 Å². The van der Waals surface area contributed by atoms with Gasteiger partial charge in [-0.3, -0.25) is 9.10 Å². The molecule has 0 unspecified atom stereocenters. The number of ether oxygens (including phenoxy) is 1. The average molecular weight is 477 g/mol. The Morgan fingerprint density at radius 2 is 1.84 bits per heavy atom. The third-order valence-electron chi connectivity index (χ3n) is 4.45. The van der Waals surface area contributed by atoms with Gasteiger partial charge in [0.25, 0.3) is 10.0 Å². The van der Waals surface area contributed by atoms with Crippen LogP contribution in [-0.4, -0.2) is 33.4 Å². The van der Waals surface area contributed by atoms with Gasteiger partial charge >= 0.3 is 5.97 Å². The minimum atomic E-state index is -4.04. The second-order valence-corrected chi connectivity index (χ2v) is 9.76. The number of benzene rings is 2. The largest absolute Gasteiger partial charge is 0.462 e. The summed E-state index contributed by atoms with van der Waals surface area (Å²) in [5.41, 5.74) is 1.54. The number of nitrogens with one attached hydrogen (secondary N) is 1. The average Bonchev–Trinajstić information content (AvgIpc) is 3.30. The van der Waals surface area contributed by atoms with Crippen LogP contribution in [0.4, 0.5) is 15.8 Å². The Balaban J connectivity index is 1.85. The van der Waals surface area contributed by atoms with E-state index in [-0.39, 0.29) is 16.5 Å². The number of halogens is 1. The van der Waals surface area contributed by atoms with Gasteiger partial charge in [0.1, 0.15) is 16.6 Å². The number of thiophene rings is 1. The molecule has 3 aromatic rings. The van der Waals surface area contributed by atoms with Crippen LogP contribution < -0.4 is 9.62 Å². The third-order valence-corrected chi connectivity index (χ3v) is 7.60. The standard InChI is InChI=1S/C22H21FN2O5S2/c1-3-30-22(27)16-6-11-19(15(2)13-16)24-20(26)14-25(18-9-7-17(23)8-10-18)32(28,29)21-5-4-12-31-21/h4-13H,3,14H2,1-2H3,(H,24,26). The van der Waals surface area contributed by atoms with E-state index in [1.807, 2.05) is 0 Å². The molecular formula is C22H21FN2O5S2. The van der Waals surface area contributed by atoms with Gasteiger partial charge in [-0.05, 0) is 73.3 Å².